The number of amides is 2. The van der Waals surface area contributed by atoms with Gasteiger partial charge in [-0.1, -0.05) is 18.2 Å². The third kappa shape index (κ3) is 4.43. The summed E-state index contributed by atoms with van der Waals surface area (Å²) in [7, 11) is 0. The van der Waals surface area contributed by atoms with Crippen LogP contribution in [0.4, 0.5) is 11.4 Å². The summed E-state index contributed by atoms with van der Waals surface area (Å²) < 4.78 is 0. The summed E-state index contributed by atoms with van der Waals surface area (Å²) in [6.45, 7) is 7.89. The van der Waals surface area contributed by atoms with Crippen molar-refractivity contribution in [3.8, 4) is 0 Å². The third-order valence-corrected chi connectivity index (χ3v) is 4.59. The number of benzene rings is 2. The molecular formula is C23H23N3O2. The molecule has 0 aliphatic heterocycles. The average Bonchev–Trinajstić information content (AvgIpc) is 2.64. The van der Waals surface area contributed by atoms with Crippen LogP contribution in [0.3, 0.4) is 0 Å². The van der Waals surface area contributed by atoms with Crippen LogP contribution in [-0.2, 0) is 0 Å². The van der Waals surface area contributed by atoms with Crippen molar-refractivity contribution in [2.75, 3.05) is 10.6 Å². The van der Waals surface area contributed by atoms with Gasteiger partial charge in [0.05, 0.1) is 0 Å². The van der Waals surface area contributed by atoms with Gasteiger partial charge in [0.15, 0.2) is 0 Å². The zero-order valence-electron chi connectivity index (χ0n) is 16.5. The maximum atomic E-state index is 12.6. The molecule has 2 aromatic carbocycles. The van der Waals surface area contributed by atoms with Gasteiger partial charge in [-0.15, -0.1) is 0 Å². The zero-order chi connectivity index (χ0) is 20.3. The largest absolute Gasteiger partial charge is 0.322 e. The molecule has 0 fully saturated rings. The molecule has 3 rings (SSSR count). The van der Waals surface area contributed by atoms with Crippen LogP contribution < -0.4 is 10.6 Å². The second-order valence-electron chi connectivity index (χ2n) is 6.96. The van der Waals surface area contributed by atoms with E-state index in [2.05, 4.69) is 15.6 Å². The highest BCUT2D eigenvalue weighted by Crippen LogP contribution is 2.19. The predicted molar refractivity (Wildman–Crippen MR) is 112 cm³/mol. The second kappa shape index (κ2) is 8.05. The van der Waals surface area contributed by atoms with Gasteiger partial charge < -0.3 is 10.6 Å². The van der Waals surface area contributed by atoms with Crippen molar-refractivity contribution in [2.24, 2.45) is 0 Å². The van der Waals surface area contributed by atoms with Gasteiger partial charge >= 0.3 is 0 Å². The van der Waals surface area contributed by atoms with E-state index in [0.717, 1.165) is 33.6 Å². The molecule has 1 heterocycles. The summed E-state index contributed by atoms with van der Waals surface area (Å²) in [5.41, 5.74) is 6.25. The van der Waals surface area contributed by atoms with E-state index in [4.69, 9.17) is 0 Å². The molecular weight excluding hydrogens is 350 g/mol. The lowest BCUT2D eigenvalue weighted by atomic mass is 10.1. The van der Waals surface area contributed by atoms with Crippen molar-refractivity contribution in [1.29, 1.82) is 0 Å². The Hall–Kier alpha value is -3.47. The van der Waals surface area contributed by atoms with Crippen LogP contribution in [0, 0.1) is 27.7 Å². The number of hydrogen-bond acceptors (Lipinski definition) is 3. The second-order valence-corrected chi connectivity index (χ2v) is 6.96. The first kappa shape index (κ1) is 19.3. The number of aryl methyl sites for hydroxylation is 3. The van der Waals surface area contributed by atoms with Gasteiger partial charge in [0, 0.05) is 23.1 Å². The monoisotopic (exact) mass is 373 g/mol. The Labute approximate surface area is 164 Å². The number of nitrogens with zero attached hydrogens (tertiary/aromatic N) is 1. The number of aromatic nitrogens is 1. The highest BCUT2D eigenvalue weighted by Gasteiger charge is 2.14. The SMILES string of the molecule is Cc1cc(C)cc(NC(=O)c2ccnc(C(=O)Nc3cccc(C)c3C)c2)c1. The molecule has 0 aliphatic carbocycles. The molecule has 1 aromatic heterocycles. The van der Waals surface area contributed by atoms with Gasteiger partial charge in [-0.2, -0.15) is 0 Å². The van der Waals surface area contributed by atoms with Crippen LogP contribution >= 0.6 is 0 Å². The Balaban J connectivity index is 1.78. The van der Waals surface area contributed by atoms with E-state index in [0.29, 0.717) is 5.56 Å². The Kier molecular flexibility index (Phi) is 5.54. The van der Waals surface area contributed by atoms with Crippen molar-refractivity contribution in [3.05, 3.63) is 88.2 Å². The highest BCUT2D eigenvalue weighted by atomic mass is 16.2. The molecule has 0 saturated carbocycles. The fourth-order valence-electron chi connectivity index (χ4n) is 3.02. The summed E-state index contributed by atoms with van der Waals surface area (Å²) in [4.78, 5) is 29.3. The molecule has 0 saturated heterocycles. The van der Waals surface area contributed by atoms with Crippen molar-refractivity contribution in [3.63, 3.8) is 0 Å². The van der Waals surface area contributed by atoms with E-state index in [1.807, 2.05) is 64.1 Å². The topological polar surface area (TPSA) is 71.1 Å². The Morgan fingerprint density at radius 3 is 2.25 bits per heavy atom. The van der Waals surface area contributed by atoms with Gasteiger partial charge in [0.2, 0.25) is 0 Å². The standard InChI is InChI=1S/C23H23N3O2/c1-14-10-15(2)12-19(11-14)25-22(27)18-8-9-24-21(13-18)23(28)26-20-7-5-6-16(3)17(20)4/h5-13H,1-4H3,(H,25,27)(H,26,28). The summed E-state index contributed by atoms with van der Waals surface area (Å²) >= 11 is 0. The first-order valence-electron chi connectivity index (χ1n) is 9.07. The number of hydrogen-bond donors (Lipinski definition) is 2. The van der Waals surface area contributed by atoms with Crippen LogP contribution in [0.1, 0.15) is 43.1 Å². The molecule has 3 aromatic rings. The van der Waals surface area contributed by atoms with Crippen LogP contribution in [0.15, 0.2) is 54.7 Å². The van der Waals surface area contributed by atoms with Gasteiger partial charge in [-0.25, -0.2) is 0 Å². The van der Waals surface area contributed by atoms with E-state index < -0.39 is 0 Å². The van der Waals surface area contributed by atoms with Gasteiger partial charge in [0.1, 0.15) is 5.69 Å². The molecule has 0 unspecified atom stereocenters. The summed E-state index contributed by atoms with van der Waals surface area (Å²) in [6, 6.07) is 14.7. The smallest absolute Gasteiger partial charge is 0.274 e. The molecule has 2 N–H and O–H groups in total. The van der Waals surface area contributed by atoms with Crippen molar-refractivity contribution in [2.45, 2.75) is 27.7 Å². The number of carbonyl (C=O) groups is 2. The molecule has 0 aliphatic rings. The zero-order valence-corrected chi connectivity index (χ0v) is 16.5. The van der Waals surface area contributed by atoms with E-state index >= 15 is 0 Å². The molecule has 2 amide bonds. The van der Waals surface area contributed by atoms with Crippen molar-refractivity contribution in [1.82, 2.24) is 4.98 Å². The highest BCUT2D eigenvalue weighted by molar-refractivity contribution is 6.08. The molecule has 5 heteroatoms. The molecule has 28 heavy (non-hydrogen) atoms. The fourth-order valence-corrected chi connectivity index (χ4v) is 3.02. The van der Waals surface area contributed by atoms with Gasteiger partial charge in [-0.05, 0) is 80.3 Å². The van der Waals surface area contributed by atoms with Gasteiger partial charge in [-0.3, -0.25) is 14.6 Å². The number of carbonyl (C=O) groups excluding carboxylic acids is 2. The summed E-state index contributed by atoms with van der Waals surface area (Å²) in [6.07, 6.45) is 1.47. The van der Waals surface area contributed by atoms with Crippen LogP contribution in [0.2, 0.25) is 0 Å². The third-order valence-electron chi connectivity index (χ3n) is 4.59. The lowest BCUT2D eigenvalue weighted by Crippen LogP contribution is -2.17. The van der Waals surface area contributed by atoms with Crippen LogP contribution in [0.25, 0.3) is 0 Å². The number of rotatable bonds is 4. The first-order chi connectivity index (χ1) is 13.3. The molecule has 0 bridgehead atoms. The lowest BCUT2D eigenvalue weighted by molar-refractivity contribution is 0.102. The molecule has 142 valence electrons. The Bertz CT molecular complexity index is 1040. The number of anilines is 2. The quantitative estimate of drug-likeness (QED) is 0.689. The van der Waals surface area contributed by atoms with Gasteiger partial charge in [0.25, 0.3) is 11.8 Å². The number of nitrogens with one attached hydrogen (secondary N) is 2. The lowest BCUT2D eigenvalue weighted by Gasteiger charge is -2.11. The minimum absolute atomic E-state index is 0.189. The van der Waals surface area contributed by atoms with E-state index in [-0.39, 0.29) is 17.5 Å². The first-order valence-corrected chi connectivity index (χ1v) is 9.07. The summed E-state index contributed by atoms with van der Waals surface area (Å²) in [5.74, 6) is -0.636. The maximum absolute atomic E-state index is 12.6. The predicted octanol–water partition coefficient (Wildman–Crippen LogP) is 4.82. The molecule has 0 atom stereocenters. The minimum atomic E-state index is -0.352. The Morgan fingerprint density at radius 1 is 0.821 bits per heavy atom. The molecule has 5 nitrogen and oxygen atoms in total. The average molecular weight is 373 g/mol. The number of pyridine rings is 1. The molecule has 0 radical (unpaired) electrons. The van der Waals surface area contributed by atoms with Crippen molar-refractivity contribution < 1.29 is 9.59 Å². The Morgan fingerprint density at radius 2 is 1.54 bits per heavy atom. The van der Waals surface area contributed by atoms with Crippen LogP contribution in [0.5, 0.6) is 0 Å². The normalized spacial score (nSPS) is 10.4. The minimum Gasteiger partial charge on any atom is -0.322 e. The van der Waals surface area contributed by atoms with Crippen molar-refractivity contribution >= 4 is 23.2 Å². The summed E-state index contributed by atoms with van der Waals surface area (Å²) in [5, 5.41) is 5.74. The van der Waals surface area contributed by atoms with Crippen LogP contribution in [-0.4, -0.2) is 16.8 Å². The molecule has 0 spiro atoms. The fraction of sp³-hybridized carbons (Fsp3) is 0.174. The van der Waals surface area contributed by atoms with E-state index in [1.165, 1.54) is 12.3 Å². The maximum Gasteiger partial charge on any atom is 0.274 e. The van der Waals surface area contributed by atoms with E-state index in [1.54, 1.807) is 6.07 Å². The van der Waals surface area contributed by atoms with E-state index in [9.17, 15) is 9.59 Å².